The van der Waals surface area contributed by atoms with Gasteiger partial charge in [-0.25, -0.2) is 0 Å². The Labute approximate surface area is 183 Å². The third-order valence-electron chi connectivity index (χ3n) is 5.52. The maximum absolute atomic E-state index is 11.9. The summed E-state index contributed by atoms with van der Waals surface area (Å²) in [5.74, 6) is 1.51. The van der Waals surface area contributed by atoms with E-state index >= 15 is 0 Å². The molecule has 0 bridgehead atoms. The zero-order chi connectivity index (χ0) is 22.2. The fraction of sp³-hybridized carbons (Fsp3) is 0.680. The second kappa shape index (κ2) is 15.9. The molecule has 0 unspecified atom stereocenters. The van der Waals surface area contributed by atoms with Gasteiger partial charge in [-0.05, 0) is 50.2 Å². The van der Waals surface area contributed by atoms with E-state index in [1.165, 1.54) is 0 Å². The molecule has 0 aromatic heterocycles. The summed E-state index contributed by atoms with van der Waals surface area (Å²) >= 11 is 0. The van der Waals surface area contributed by atoms with Crippen LogP contribution in [0.5, 0.6) is 11.5 Å². The first-order valence-electron chi connectivity index (χ1n) is 11.7. The normalized spacial score (nSPS) is 11.1. The minimum Gasteiger partial charge on any atom is -0.494 e. The number of benzene rings is 1. The molecular formula is C25H41NO4. The van der Waals surface area contributed by atoms with Crippen LogP contribution >= 0.6 is 0 Å². The largest absolute Gasteiger partial charge is 0.494 e. The number of Topliss-reactive ketones (excluding diaryl/α,β-unsaturated/α-hetero) is 2. The van der Waals surface area contributed by atoms with Crippen molar-refractivity contribution in [3.8, 4) is 11.5 Å². The van der Waals surface area contributed by atoms with E-state index in [-0.39, 0.29) is 17.5 Å². The Bertz CT molecular complexity index is 580. The van der Waals surface area contributed by atoms with E-state index in [9.17, 15) is 9.59 Å². The number of carbonyl (C=O) groups excluding carboxylic acids is 2. The first-order valence-corrected chi connectivity index (χ1v) is 11.7. The summed E-state index contributed by atoms with van der Waals surface area (Å²) in [7, 11) is 0. The van der Waals surface area contributed by atoms with Crippen molar-refractivity contribution >= 4 is 11.6 Å². The molecule has 5 heteroatoms. The van der Waals surface area contributed by atoms with Crippen molar-refractivity contribution in [3.63, 3.8) is 0 Å². The Balaban J connectivity index is 2.18. The molecule has 1 aromatic rings. The van der Waals surface area contributed by atoms with Gasteiger partial charge in [0, 0.05) is 19.4 Å². The van der Waals surface area contributed by atoms with Gasteiger partial charge in [-0.3, -0.25) is 9.59 Å². The number of likely N-dealkylation sites (N-methyl/N-ethyl adjacent to an activating group) is 1. The SMILES string of the molecule is CCC(=O)C(CCCCCCOc1ccc(OCCN(CC)CC)cc1)C(=O)CC. The number of ether oxygens (including phenoxy) is 2. The Morgan fingerprint density at radius 3 is 1.77 bits per heavy atom. The summed E-state index contributed by atoms with van der Waals surface area (Å²) in [4.78, 5) is 26.2. The highest BCUT2D eigenvalue weighted by Crippen LogP contribution is 2.19. The van der Waals surface area contributed by atoms with Crippen LogP contribution in [0.3, 0.4) is 0 Å². The molecule has 30 heavy (non-hydrogen) atoms. The summed E-state index contributed by atoms with van der Waals surface area (Å²) in [5.41, 5.74) is 0. The van der Waals surface area contributed by atoms with Crippen LogP contribution in [0.15, 0.2) is 24.3 Å². The summed E-state index contributed by atoms with van der Waals surface area (Å²) in [5, 5.41) is 0. The number of hydrogen-bond donors (Lipinski definition) is 0. The van der Waals surface area contributed by atoms with Crippen LogP contribution in [-0.2, 0) is 9.59 Å². The average molecular weight is 420 g/mol. The van der Waals surface area contributed by atoms with Gasteiger partial charge in [0.15, 0.2) is 0 Å². The van der Waals surface area contributed by atoms with Crippen LogP contribution < -0.4 is 9.47 Å². The van der Waals surface area contributed by atoms with Crippen molar-refractivity contribution in [2.45, 2.75) is 72.6 Å². The van der Waals surface area contributed by atoms with Gasteiger partial charge >= 0.3 is 0 Å². The molecule has 0 saturated carbocycles. The van der Waals surface area contributed by atoms with Crippen LogP contribution in [-0.4, -0.2) is 49.3 Å². The average Bonchev–Trinajstić information content (AvgIpc) is 2.78. The van der Waals surface area contributed by atoms with Gasteiger partial charge in [0.25, 0.3) is 0 Å². The molecule has 0 atom stereocenters. The number of unbranched alkanes of at least 4 members (excludes halogenated alkanes) is 3. The number of carbonyl (C=O) groups is 2. The molecule has 0 N–H and O–H groups in total. The van der Waals surface area contributed by atoms with E-state index in [0.29, 0.717) is 32.5 Å². The molecule has 170 valence electrons. The van der Waals surface area contributed by atoms with Crippen molar-refractivity contribution < 1.29 is 19.1 Å². The molecule has 0 spiro atoms. The fourth-order valence-electron chi connectivity index (χ4n) is 3.45. The monoisotopic (exact) mass is 419 g/mol. The van der Waals surface area contributed by atoms with Gasteiger partial charge in [-0.15, -0.1) is 0 Å². The first kappa shape index (κ1) is 26.2. The van der Waals surface area contributed by atoms with Gasteiger partial charge < -0.3 is 14.4 Å². The molecule has 0 saturated heterocycles. The smallest absolute Gasteiger partial charge is 0.143 e. The molecular weight excluding hydrogens is 378 g/mol. The van der Waals surface area contributed by atoms with Crippen molar-refractivity contribution in [1.82, 2.24) is 4.90 Å². The highest BCUT2D eigenvalue weighted by molar-refractivity contribution is 6.02. The quantitative estimate of drug-likeness (QED) is 0.238. The Morgan fingerprint density at radius 2 is 1.27 bits per heavy atom. The van der Waals surface area contributed by atoms with Gasteiger partial charge in [-0.2, -0.15) is 0 Å². The van der Waals surface area contributed by atoms with Crippen molar-refractivity contribution in [2.75, 3.05) is 32.8 Å². The van der Waals surface area contributed by atoms with E-state index in [4.69, 9.17) is 9.47 Å². The number of rotatable bonds is 18. The van der Waals surface area contributed by atoms with E-state index in [2.05, 4.69) is 18.7 Å². The fourth-order valence-corrected chi connectivity index (χ4v) is 3.45. The second-order valence-electron chi connectivity index (χ2n) is 7.59. The maximum atomic E-state index is 11.9. The van der Waals surface area contributed by atoms with Crippen LogP contribution in [0.4, 0.5) is 0 Å². The van der Waals surface area contributed by atoms with Crippen molar-refractivity contribution in [3.05, 3.63) is 24.3 Å². The number of hydrogen-bond acceptors (Lipinski definition) is 5. The Morgan fingerprint density at radius 1 is 0.767 bits per heavy atom. The van der Waals surface area contributed by atoms with E-state index in [1.54, 1.807) is 0 Å². The van der Waals surface area contributed by atoms with E-state index < -0.39 is 0 Å². The third kappa shape index (κ3) is 10.2. The van der Waals surface area contributed by atoms with Crippen molar-refractivity contribution in [1.29, 1.82) is 0 Å². The van der Waals surface area contributed by atoms with Crippen LogP contribution in [0.1, 0.15) is 72.6 Å². The van der Waals surface area contributed by atoms with E-state index in [0.717, 1.165) is 56.8 Å². The Hall–Kier alpha value is -1.88. The summed E-state index contributed by atoms with van der Waals surface area (Å²) < 4.78 is 11.6. The van der Waals surface area contributed by atoms with Gasteiger partial charge in [0.05, 0.1) is 12.5 Å². The standard InChI is InChI=1S/C25H41NO4/c1-5-24(27)23(25(28)6-2)13-11-9-10-12-19-29-21-14-16-22(17-15-21)30-20-18-26(7-3)8-4/h14-17,23H,5-13,18-20H2,1-4H3. The topological polar surface area (TPSA) is 55.8 Å². The predicted molar refractivity (Wildman–Crippen MR) is 122 cm³/mol. The van der Waals surface area contributed by atoms with Gasteiger partial charge in [-0.1, -0.05) is 47.0 Å². The molecule has 0 heterocycles. The van der Waals surface area contributed by atoms with Crippen LogP contribution in [0.2, 0.25) is 0 Å². The van der Waals surface area contributed by atoms with Gasteiger partial charge in [0.1, 0.15) is 29.7 Å². The van der Waals surface area contributed by atoms with Crippen LogP contribution in [0, 0.1) is 5.92 Å². The lowest BCUT2D eigenvalue weighted by atomic mass is 9.90. The molecule has 0 aliphatic carbocycles. The summed E-state index contributed by atoms with van der Waals surface area (Å²) in [6.45, 7) is 12.4. The molecule has 0 aliphatic rings. The molecule has 0 amide bonds. The second-order valence-corrected chi connectivity index (χ2v) is 7.59. The molecule has 0 radical (unpaired) electrons. The summed E-state index contributed by atoms with van der Waals surface area (Å²) in [6, 6.07) is 7.80. The highest BCUT2D eigenvalue weighted by Gasteiger charge is 2.22. The predicted octanol–water partition coefficient (Wildman–Crippen LogP) is 5.31. The van der Waals surface area contributed by atoms with Crippen LogP contribution in [0.25, 0.3) is 0 Å². The third-order valence-corrected chi connectivity index (χ3v) is 5.52. The highest BCUT2D eigenvalue weighted by atomic mass is 16.5. The zero-order valence-corrected chi connectivity index (χ0v) is 19.5. The van der Waals surface area contributed by atoms with Gasteiger partial charge in [0.2, 0.25) is 0 Å². The maximum Gasteiger partial charge on any atom is 0.143 e. The first-order chi connectivity index (χ1) is 14.5. The number of ketones is 2. The molecule has 1 aromatic carbocycles. The molecule has 0 aliphatic heterocycles. The molecule has 5 nitrogen and oxygen atoms in total. The zero-order valence-electron chi connectivity index (χ0n) is 19.5. The van der Waals surface area contributed by atoms with E-state index in [1.807, 2.05) is 38.1 Å². The number of nitrogens with zero attached hydrogens (tertiary/aromatic N) is 1. The molecule has 1 rings (SSSR count). The lowest BCUT2D eigenvalue weighted by molar-refractivity contribution is -0.132. The molecule has 0 fully saturated rings. The minimum absolute atomic E-state index is 0.0886. The van der Waals surface area contributed by atoms with Crippen molar-refractivity contribution in [2.24, 2.45) is 5.92 Å². The lowest BCUT2D eigenvalue weighted by Crippen LogP contribution is -2.27. The minimum atomic E-state index is -0.385. The summed E-state index contributed by atoms with van der Waals surface area (Å²) in [6.07, 6.45) is 5.54. The Kier molecular flexibility index (Phi) is 13.9. The lowest BCUT2D eigenvalue weighted by Gasteiger charge is -2.18.